The number of imide groups is 1. The molecule has 3 N–H and O–H groups in total. The topological polar surface area (TPSA) is 107 Å². The molecule has 3 aromatic rings. The van der Waals surface area contributed by atoms with Crippen LogP contribution in [0.5, 0.6) is 0 Å². The van der Waals surface area contributed by atoms with E-state index < -0.39 is 0 Å². The van der Waals surface area contributed by atoms with Crippen LogP contribution >= 0.6 is 0 Å². The van der Waals surface area contributed by atoms with Gasteiger partial charge in [-0.1, -0.05) is 0 Å². The van der Waals surface area contributed by atoms with E-state index in [-0.39, 0.29) is 18.2 Å². The summed E-state index contributed by atoms with van der Waals surface area (Å²) in [5.41, 5.74) is 3.89. The van der Waals surface area contributed by atoms with Crippen LogP contribution in [0, 0.1) is 0 Å². The summed E-state index contributed by atoms with van der Waals surface area (Å²) in [6, 6.07) is 10.8. The lowest BCUT2D eigenvalue weighted by atomic mass is 10.1. The van der Waals surface area contributed by atoms with Gasteiger partial charge >= 0.3 is 0 Å². The molecule has 6 rings (SSSR count). The molecule has 0 atom stereocenters. The fourth-order valence-electron chi connectivity index (χ4n) is 4.46. The Morgan fingerprint density at radius 3 is 2.54 bits per heavy atom. The Kier molecular flexibility index (Phi) is 5.37. The quantitative estimate of drug-likeness (QED) is 0.370. The fraction of sp³-hybridized carbons (Fsp3) is 0.360. The first-order valence-electron chi connectivity index (χ1n) is 12.0. The minimum absolute atomic E-state index is 0.0704. The van der Waals surface area contributed by atoms with E-state index in [1.54, 1.807) is 16.8 Å². The van der Waals surface area contributed by atoms with Gasteiger partial charge in [-0.05, 0) is 50.2 Å². The van der Waals surface area contributed by atoms with E-state index in [2.05, 4.69) is 62.2 Å². The third-order valence-corrected chi connectivity index (χ3v) is 6.66. The number of anilines is 4. The maximum absolute atomic E-state index is 12.1. The maximum Gasteiger partial charge on any atom is 0.254 e. The summed E-state index contributed by atoms with van der Waals surface area (Å²) in [5.74, 6) is 0.871. The van der Waals surface area contributed by atoms with Gasteiger partial charge in [0.25, 0.3) is 5.91 Å². The number of benzene rings is 1. The molecule has 35 heavy (non-hydrogen) atoms. The van der Waals surface area contributed by atoms with Gasteiger partial charge in [-0.3, -0.25) is 14.9 Å². The van der Waals surface area contributed by atoms with Gasteiger partial charge in [-0.2, -0.15) is 9.61 Å². The summed E-state index contributed by atoms with van der Waals surface area (Å²) in [6.07, 6.45) is 5.70. The molecule has 0 radical (unpaired) electrons. The minimum atomic E-state index is -0.361. The van der Waals surface area contributed by atoms with Crippen molar-refractivity contribution in [1.82, 2.24) is 24.8 Å². The smallest absolute Gasteiger partial charge is 0.254 e. The number of likely N-dealkylation sites (N-methyl/N-ethyl adjacent to an activating group) is 1. The Labute approximate surface area is 203 Å². The van der Waals surface area contributed by atoms with Gasteiger partial charge in [-0.25, -0.2) is 4.98 Å². The number of hydrogen-bond acceptors (Lipinski definition) is 8. The first-order chi connectivity index (χ1) is 17.0. The van der Waals surface area contributed by atoms with Crippen molar-refractivity contribution in [2.24, 2.45) is 0 Å². The molecule has 4 heterocycles. The summed E-state index contributed by atoms with van der Waals surface area (Å²) in [5, 5.41) is 13.8. The average molecular weight is 473 g/mol. The Bertz CT molecular complexity index is 1320. The van der Waals surface area contributed by atoms with Gasteiger partial charge in [0.1, 0.15) is 11.6 Å². The molecule has 2 amide bonds. The van der Waals surface area contributed by atoms with Crippen LogP contribution in [0.15, 0.2) is 42.1 Å². The van der Waals surface area contributed by atoms with Crippen LogP contribution < -0.4 is 20.9 Å². The molecular formula is C25H28N8O2. The summed E-state index contributed by atoms with van der Waals surface area (Å²) in [7, 11) is 2.16. The molecule has 0 unspecified atom stereocenters. The molecule has 2 saturated heterocycles. The van der Waals surface area contributed by atoms with E-state index in [0.29, 0.717) is 28.6 Å². The van der Waals surface area contributed by atoms with Crippen LogP contribution in [0.1, 0.15) is 24.8 Å². The molecule has 3 aliphatic rings. The van der Waals surface area contributed by atoms with E-state index in [1.165, 1.54) is 5.69 Å². The van der Waals surface area contributed by atoms with Crippen molar-refractivity contribution in [3.63, 3.8) is 0 Å². The first-order valence-corrected chi connectivity index (χ1v) is 12.0. The molecule has 0 bridgehead atoms. The lowest BCUT2D eigenvalue weighted by molar-refractivity contribution is -0.124. The highest BCUT2D eigenvalue weighted by Gasteiger charge is 2.26. The average Bonchev–Trinajstić information content (AvgIpc) is 3.48. The summed E-state index contributed by atoms with van der Waals surface area (Å²) < 4.78 is 1.75. The third kappa shape index (κ3) is 4.57. The lowest BCUT2D eigenvalue weighted by Crippen LogP contribution is -2.44. The molecule has 180 valence electrons. The number of hydrogen-bond donors (Lipinski definition) is 3. The normalized spacial score (nSPS) is 20.0. The van der Waals surface area contributed by atoms with Gasteiger partial charge < -0.3 is 20.4 Å². The Morgan fingerprint density at radius 2 is 1.86 bits per heavy atom. The number of piperazine rings is 1. The van der Waals surface area contributed by atoms with Crippen molar-refractivity contribution in [2.75, 3.05) is 48.8 Å². The van der Waals surface area contributed by atoms with Crippen molar-refractivity contribution in [1.29, 1.82) is 0 Å². The van der Waals surface area contributed by atoms with Crippen molar-refractivity contribution in [2.45, 2.75) is 25.3 Å². The van der Waals surface area contributed by atoms with Crippen LogP contribution in [0.3, 0.4) is 0 Å². The zero-order valence-electron chi connectivity index (χ0n) is 19.6. The van der Waals surface area contributed by atoms with Crippen molar-refractivity contribution >= 4 is 46.5 Å². The minimum Gasteiger partial charge on any atom is -0.369 e. The second-order valence-corrected chi connectivity index (χ2v) is 9.47. The van der Waals surface area contributed by atoms with Crippen LogP contribution in [0.4, 0.5) is 23.0 Å². The number of nitrogens with one attached hydrogen (secondary N) is 3. The second kappa shape index (κ2) is 8.70. The van der Waals surface area contributed by atoms with Crippen molar-refractivity contribution < 1.29 is 9.59 Å². The van der Waals surface area contributed by atoms with Gasteiger partial charge in [-0.15, -0.1) is 0 Å². The second-order valence-electron chi connectivity index (χ2n) is 9.47. The van der Waals surface area contributed by atoms with Gasteiger partial charge in [0.2, 0.25) is 5.91 Å². The molecular weight excluding hydrogens is 444 g/mol. The Hall–Kier alpha value is -3.92. The number of amides is 2. The number of carbonyl (C=O) groups excluding carboxylic acids is 2. The highest BCUT2D eigenvalue weighted by atomic mass is 16.2. The van der Waals surface area contributed by atoms with Crippen LogP contribution in [0.25, 0.3) is 11.7 Å². The molecule has 2 aromatic heterocycles. The zero-order valence-corrected chi connectivity index (χ0v) is 19.6. The van der Waals surface area contributed by atoms with E-state index in [9.17, 15) is 9.59 Å². The molecule has 1 aromatic carbocycles. The van der Waals surface area contributed by atoms with E-state index in [0.717, 1.165) is 50.5 Å². The molecule has 1 aliphatic carbocycles. The predicted octanol–water partition coefficient (Wildman–Crippen LogP) is 2.23. The highest BCUT2D eigenvalue weighted by molar-refractivity contribution is 6.15. The van der Waals surface area contributed by atoms with Gasteiger partial charge in [0.05, 0.1) is 12.6 Å². The number of rotatable bonds is 6. The SMILES string of the molecule is CN1CCN(c2ccc(Nc3cc(NC4CC4)n4ncc(C=C5CC(=O)NC5=O)c4n3)cc2)CC1. The van der Waals surface area contributed by atoms with Gasteiger partial charge in [0, 0.05) is 60.8 Å². The fourth-order valence-corrected chi connectivity index (χ4v) is 4.46. The van der Waals surface area contributed by atoms with Crippen LogP contribution in [-0.4, -0.2) is 70.6 Å². The predicted molar refractivity (Wildman–Crippen MR) is 135 cm³/mol. The monoisotopic (exact) mass is 472 g/mol. The zero-order chi connectivity index (χ0) is 23.9. The van der Waals surface area contributed by atoms with Crippen LogP contribution in [-0.2, 0) is 9.59 Å². The first kappa shape index (κ1) is 21.6. The molecule has 3 fully saturated rings. The van der Waals surface area contributed by atoms with Gasteiger partial charge in [0.15, 0.2) is 5.65 Å². The number of carbonyl (C=O) groups is 2. The third-order valence-electron chi connectivity index (χ3n) is 6.66. The summed E-state index contributed by atoms with van der Waals surface area (Å²) in [6.45, 7) is 4.20. The van der Waals surface area contributed by atoms with E-state index >= 15 is 0 Å². The molecule has 1 saturated carbocycles. The van der Waals surface area contributed by atoms with E-state index in [4.69, 9.17) is 4.98 Å². The number of aromatic nitrogens is 3. The summed E-state index contributed by atoms with van der Waals surface area (Å²) in [4.78, 5) is 33.2. The lowest BCUT2D eigenvalue weighted by Gasteiger charge is -2.34. The van der Waals surface area contributed by atoms with Crippen molar-refractivity contribution in [3.05, 3.63) is 47.7 Å². The maximum atomic E-state index is 12.1. The molecule has 2 aliphatic heterocycles. The molecule has 0 spiro atoms. The van der Waals surface area contributed by atoms with E-state index in [1.807, 2.05) is 6.07 Å². The summed E-state index contributed by atoms with van der Waals surface area (Å²) >= 11 is 0. The molecule has 10 heteroatoms. The van der Waals surface area contributed by atoms with Crippen LogP contribution in [0.2, 0.25) is 0 Å². The molecule has 10 nitrogen and oxygen atoms in total. The highest BCUT2D eigenvalue weighted by Crippen LogP contribution is 2.29. The standard InChI is InChI=1S/C25H28N8O2/c1-31-8-10-32(11-9-31)20-6-4-18(5-7-20)27-21-14-22(28-19-2-3-19)33-24(29-21)17(15-26-33)12-16-13-23(34)30-25(16)35/h4-7,12,14-15,19,28H,2-3,8-11,13H2,1H3,(H,27,29)(H,30,34,35). The number of fused-ring (bicyclic) bond motifs is 1. The number of nitrogens with zero attached hydrogens (tertiary/aromatic N) is 5. The largest absolute Gasteiger partial charge is 0.369 e. The van der Waals surface area contributed by atoms with Crippen molar-refractivity contribution in [3.8, 4) is 0 Å². The Morgan fingerprint density at radius 1 is 1.09 bits per heavy atom. The Balaban J connectivity index is 1.29.